The van der Waals surface area contributed by atoms with Crippen LogP contribution in [0.3, 0.4) is 0 Å². The van der Waals surface area contributed by atoms with E-state index in [-0.39, 0.29) is 29.5 Å². The molecule has 2 aliphatic heterocycles. The first-order valence-electron chi connectivity index (χ1n) is 10.5. The van der Waals surface area contributed by atoms with E-state index in [1.165, 1.54) is 16.2 Å². The van der Waals surface area contributed by atoms with Gasteiger partial charge in [0.1, 0.15) is 0 Å². The molecule has 28 heavy (non-hydrogen) atoms. The lowest BCUT2D eigenvalue weighted by molar-refractivity contribution is -0.892. The molecule has 2 atom stereocenters. The number of benzene rings is 1. The van der Waals surface area contributed by atoms with Gasteiger partial charge in [-0.25, -0.2) is 8.42 Å². The van der Waals surface area contributed by atoms with Crippen molar-refractivity contribution in [2.75, 3.05) is 49.1 Å². The fourth-order valence-electron chi connectivity index (χ4n) is 4.46. The summed E-state index contributed by atoms with van der Waals surface area (Å²) in [6.07, 6.45) is 1.42. The summed E-state index contributed by atoms with van der Waals surface area (Å²) in [6, 6.07) is 8.36. The molecule has 1 aromatic rings. The highest BCUT2D eigenvalue weighted by Crippen LogP contribution is 2.21. The standard InChI is InChI=1S/C21H33N3O3S/c1-4-18(3)24(19-9-14-28(26,27)16-19)21(25)15-22-10-12-23(13-11-22)20-8-6-5-7-17(20)2/h5-8,18-19H,4,9-16H2,1-3H3/p+1/t18-,19+/m1/s1. The summed E-state index contributed by atoms with van der Waals surface area (Å²) >= 11 is 0. The molecule has 2 fully saturated rings. The predicted molar refractivity (Wildman–Crippen MR) is 113 cm³/mol. The Bertz CT molecular complexity index is 788. The third kappa shape index (κ3) is 4.87. The summed E-state index contributed by atoms with van der Waals surface area (Å²) in [5.74, 6) is 0.440. The fourth-order valence-corrected chi connectivity index (χ4v) is 6.18. The summed E-state index contributed by atoms with van der Waals surface area (Å²) in [4.78, 5) is 18.7. The molecule has 0 unspecified atom stereocenters. The number of hydrogen-bond acceptors (Lipinski definition) is 4. The van der Waals surface area contributed by atoms with Crippen molar-refractivity contribution < 1.29 is 18.1 Å². The minimum Gasteiger partial charge on any atom is -0.360 e. The molecule has 1 amide bonds. The number of hydrogen-bond donors (Lipinski definition) is 1. The number of para-hydroxylation sites is 1. The van der Waals surface area contributed by atoms with Crippen molar-refractivity contribution in [1.29, 1.82) is 0 Å². The maximum absolute atomic E-state index is 13.1. The zero-order valence-electron chi connectivity index (χ0n) is 17.4. The molecule has 1 aromatic carbocycles. The van der Waals surface area contributed by atoms with E-state index in [1.54, 1.807) is 0 Å². The lowest BCUT2D eigenvalue weighted by Gasteiger charge is -2.37. The zero-order valence-corrected chi connectivity index (χ0v) is 18.2. The van der Waals surface area contributed by atoms with E-state index < -0.39 is 9.84 Å². The summed E-state index contributed by atoms with van der Waals surface area (Å²) in [5, 5.41) is 0. The van der Waals surface area contributed by atoms with Crippen LogP contribution in [0.1, 0.15) is 32.3 Å². The number of amides is 1. The van der Waals surface area contributed by atoms with Crippen molar-refractivity contribution in [3.05, 3.63) is 29.8 Å². The van der Waals surface area contributed by atoms with Gasteiger partial charge in [0.2, 0.25) is 0 Å². The Balaban J connectivity index is 1.59. The van der Waals surface area contributed by atoms with Crippen molar-refractivity contribution in [1.82, 2.24) is 4.90 Å². The topological polar surface area (TPSA) is 62.1 Å². The summed E-state index contributed by atoms with van der Waals surface area (Å²) in [7, 11) is -3.00. The van der Waals surface area contributed by atoms with Gasteiger partial charge in [-0.15, -0.1) is 0 Å². The second kappa shape index (κ2) is 8.82. The average Bonchev–Trinajstić information content (AvgIpc) is 3.02. The first kappa shape index (κ1) is 21.1. The minimum atomic E-state index is -3.00. The smallest absolute Gasteiger partial charge is 0.278 e. The number of aryl methyl sites for hydroxylation is 1. The summed E-state index contributed by atoms with van der Waals surface area (Å²) < 4.78 is 23.8. The second-order valence-electron chi connectivity index (χ2n) is 8.32. The minimum absolute atomic E-state index is 0.0819. The van der Waals surface area contributed by atoms with Gasteiger partial charge in [0.05, 0.1) is 37.7 Å². The molecule has 0 saturated carbocycles. The number of nitrogens with zero attached hydrogens (tertiary/aromatic N) is 2. The van der Waals surface area contributed by atoms with Crippen LogP contribution in [0.5, 0.6) is 0 Å². The number of anilines is 1. The quantitative estimate of drug-likeness (QED) is 0.745. The normalized spacial score (nSPS) is 23.5. The largest absolute Gasteiger partial charge is 0.360 e. The van der Waals surface area contributed by atoms with Crippen molar-refractivity contribution in [2.24, 2.45) is 0 Å². The number of quaternary nitrogens is 1. The molecule has 0 bridgehead atoms. The molecule has 0 aromatic heterocycles. The average molecular weight is 409 g/mol. The molecule has 1 N–H and O–H groups in total. The number of piperazine rings is 1. The van der Waals surface area contributed by atoms with Crippen molar-refractivity contribution >= 4 is 21.4 Å². The Morgan fingerprint density at radius 1 is 1.29 bits per heavy atom. The summed E-state index contributed by atoms with van der Waals surface area (Å²) in [5.41, 5.74) is 2.57. The van der Waals surface area contributed by atoms with Crippen LogP contribution in [-0.2, 0) is 14.6 Å². The van der Waals surface area contributed by atoms with Crippen LogP contribution in [0.15, 0.2) is 24.3 Å². The highest BCUT2D eigenvalue weighted by molar-refractivity contribution is 7.91. The van der Waals surface area contributed by atoms with Gasteiger partial charge in [-0.1, -0.05) is 25.1 Å². The first-order chi connectivity index (χ1) is 13.3. The van der Waals surface area contributed by atoms with E-state index in [0.29, 0.717) is 13.0 Å². The van der Waals surface area contributed by atoms with E-state index in [4.69, 9.17) is 0 Å². The number of rotatable bonds is 6. The van der Waals surface area contributed by atoms with Gasteiger partial charge in [-0.2, -0.15) is 0 Å². The number of carbonyl (C=O) groups excluding carboxylic acids is 1. The predicted octanol–water partition coefficient (Wildman–Crippen LogP) is 0.514. The van der Waals surface area contributed by atoms with Gasteiger partial charge >= 0.3 is 0 Å². The molecule has 2 aliphatic rings. The fraction of sp³-hybridized carbons (Fsp3) is 0.667. The maximum atomic E-state index is 13.1. The molecule has 0 aliphatic carbocycles. The third-order valence-corrected chi connectivity index (χ3v) is 8.03. The Morgan fingerprint density at radius 2 is 1.96 bits per heavy atom. The number of nitrogens with one attached hydrogen (secondary N) is 1. The van der Waals surface area contributed by atoms with Crippen LogP contribution in [0.25, 0.3) is 0 Å². The molecule has 2 heterocycles. The van der Waals surface area contributed by atoms with Crippen LogP contribution < -0.4 is 9.80 Å². The van der Waals surface area contributed by atoms with E-state index in [1.807, 2.05) is 11.8 Å². The molecular weight excluding hydrogens is 374 g/mol. The Kier molecular flexibility index (Phi) is 6.65. The monoisotopic (exact) mass is 408 g/mol. The summed E-state index contributed by atoms with van der Waals surface area (Å²) in [6.45, 7) is 10.4. The van der Waals surface area contributed by atoms with Crippen LogP contribution in [0.4, 0.5) is 5.69 Å². The number of carbonyl (C=O) groups is 1. The molecule has 7 heteroatoms. The molecule has 0 radical (unpaired) electrons. The highest BCUT2D eigenvalue weighted by atomic mass is 32.2. The lowest BCUT2D eigenvalue weighted by Crippen LogP contribution is -3.16. The maximum Gasteiger partial charge on any atom is 0.278 e. The lowest BCUT2D eigenvalue weighted by atomic mass is 10.1. The van der Waals surface area contributed by atoms with Crippen molar-refractivity contribution in [3.8, 4) is 0 Å². The zero-order chi connectivity index (χ0) is 20.3. The van der Waals surface area contributed by atoms with Crippen LogP contribution >= 0.6 is 0 Å². The SMILES string of the molecule is CC[C@@H](C)N(C(=O)C[NH+]1CCN(c2ccccc2C)CC1)[C@H]1CCS(=O)(=O)C1. The molecule has 0 spiro atoms. The first-order valence-corrected chi connectivity index (χ1v) is 12.3. The van der Waals surface area contributed by atoms with Crippen LogP contribution in [0.2, 0.25) is 0 Å². The van der Waals surface area contributed by atoms with E-state index in [0.717, 1.165) is 32.6 Å². The highest BCUT2D eigenvalue weighted by Gasteiger charge is 2.38. The van der Waals surface area contributed by atoms with Gasteiger partial charge in [0.25, 0.3) is 5.91 Å². The van der Waals surface area contributed by atoms with E-state index in [2.05, 4.69) is 43.0 Å². The molecule has 6 nitrogen and oxygen atoms in total. The molecule has 2 saturated heterocycles. The van der Waals surface area contributed by atoms with Crippen LogP contribution in [-0.4, -0.2) is 75.5 Å². The van der Waals surface area contributed by atoms with Crippen LogP contribution in [0, 0.1) is 6.92 Å². The molecule has 156 valence electrons. The molecular formula is C21H34N3O3S+. The van der Waals surface area contributed by atoms with E-state index >= 15 is 0 Å². The van der Waals surface area contributed by atoms with Gasteiger partial charge in [0.15, 0.2) is 16.4 Å². The third-order valence-electron chi connectivity index (χ3n) is 6.28. The second-order valence-corrected chi connectivity index (χ2v) is 10.5. The molecule has 3 rings (SSSR count). The van der Waals surface area contributed by atoms with Gasteiger partial charge in [0, 0.05) is 17.8 Å². The Morgan fingerprint density at radius 3 is 2.54 bits per heavy atom. The Hall–Kier alpha value is -1.60. The van der Waals surface area contributed by atoms with E-state index in [9.17, 15) is 13.2 Å². The van der Waals surface area contributed by atoms with Gasteiger partial charge in [-0.3, -0.25) is 4.79 Å². The van der Waals surface area contributed by atoms with Gasteiger partial charge in [-0.05, 0) is 38.3 Å². The van der Waals surface area contributed by atoms with Gasteiger partial charge < -0.3 is 14.7 Å². The Labute approximate surface area is 169 Å². The van der Waals surface area contributed by atoms with Crippen molar-refractivity contribution in [3.63, 3.8) is 0 Å². The number of sulfone groups is 1. The van der Waals surface area contributed by atoms with Crippen molar-refractivity contribution in [2.45, 2.75) is 45.7 Å².